The molecular formula is C18H16BrCl2F2NO2. The molecule has 0 aromatic heterocycles. The third-order valence-corrected chi connectivity index (χ3v) is 5.15. The van der Waals surface area contributed by atoms with Crippen LogP contribution >= 0.6 is 39.1 Å². The van der Waals surface area contributed by atoms with Crippen LogP contribution in [0.5, 0.6) is 0 Å². The maximum atomic E-state index is 14.2. The Morgan fingerprint density at radius 3 is 1.85 bits per heavy atom. The molecule has 0 aliphatic carbocycles. The quantitative estimate of drug-likeness (QED) is 0.546. The smallest absolute Gasteiger partial charge is 0.321 e. The molecule has 0 aliphatic rings. The molecule has 140 valence electrons. The molecule has 1 N–H and O–H groups in total. The molecule has 0 heterocycles. The van der Waals surface area contributed by atoms with E-state index in [-0.39, 0.29) is 40.8 Å². The average Bonchev–Trinajstić information content (AvgIpc) is 2.54. The third-order valence-electron chi connectivity index (χ3n) is 3.85. The van der Waals surface area contributed by atoms with Crippen LogP contribution < -0.4 is 0 Å². The van der Waals surface area contributed by atoms with Gasteiger partial charge >= 0.3 is 5.97 Å². The average molecular weight is 467 g/mol. The Morgan fingerprint density at radius 1 is 1.08 bits per heavy atom. The van der Waals surface area contributed by atoms with Crippen molar-refractivity contribution in [2.75, 3.05) is 6.54 Å². The minimum Gasteiger partial charge on any atom is -0.480 e. The van der Waals surface area contributed by atoms with Crippen LogP contribution in [0.2, 0.25) is 10.0 Å². The topological polar surface area (TPSA) is 40.5 Å². The number of rotatable bonds is 7. The second kappa shape index (κ2) is 8.65. The number of benzene rings is 2. The fourth-order valence-corrected chi connectivity index (χ4v) is 3.27. The molecule has 0 saturated heterocycles. The largest absolute Gasteiger partial charge is 0.480 e. The number of alkyl halides is 1. The van der Waals surface area contributed by atoms with Crippen molar-refractivity contribution in [3.05, 3.63) is 69.2 Å². The van der Waals surface area contributed by atoms with Crippen LogP contribution in [0, 0.1) is 11.6 Å². The molecule has 8 heteroatoms. The van der Waals surface area contributed by atoms with Gasteiger partial charge in [0.1, 0.15) is 16.0 Å². The van der Waals surface area contributed by atoms with Gasteiger partial charge in [-0.2, -0.15) is 0 Å². The van der Waals surface area contributed by atoms with E-state index in [0.717, 1.165) is 0 Å². The molecule has 0 saturated carbocycles. The number of nitrogens with zero attached hydrogens (tertiary/aromatic N) is 1. The van der Waals surface area contributed by atoms with E-state index < -0.39 is 21.9 Å². The standard InChI is InChI=1S/C18H16BrCl2F2NO2/c1-18(19,17(25)26)10-24(8-11-13(20)4-2-6-15(11)22)9-12-14(21)5-3-7-16(12)23/h2-7H,8-10H2,1H3,(H,25,26). The second-order valence-electron chi connectivity index (χ2n) is 6.05. The predicted octanol–water partition coefficient (Wildman–Crippen LogP) is 5.51. The van der Waals surface area contributed by atoms with Gasteiger partial charge in [0.05, 0.1) is 0 Å². The van der Waals surface area contributed by atoms with Crippen molar-refractivity contribution < 1.29 is 18.7 Å². The summed E-state index contributed by atoms with van der Waals surface area (Å²) in [4.78, 5) is 13.0. The Kier molecular flexibility index (Phi) is 7.02. The van der Waals surface area contributed by atoms with Crippen molar-refractivity contribution in [3.8, 4) is 0 Å². The number of halogens is 5. The molecule has 2 aromatic rings. The Hall–Kier alpha value is -1.21. The van der Waals surface area contributed by atoms with E-state index in [1.165, 1.54) is 31.2 Å². The predicted molar refractivity (Wildman–Crippen MR) is 102 cm³/mol. The normalized spacial score (nSPS) is 13.7. The van der Waals surface area contributed by atoms with Crippen molar-refractivity contribution in [2.24, 2.45) is 0 Å². The summed E-state index contributed by atoms with van der Waals surface area (Å²) in [6, 6.07) is 8.56. The zero-order valence-corrected chi connectivity index (χ0v) is 16.9. The SMILES string of the molecule is CC(Br)(CN(Cc1c(F)cccc1Cl)Cc1c(F)cccc1Cl)C(=O)O. The summed E-state index contributed by atoms with van der Waals surface area (Å²) in [7, 11) is 0. The lowest BCUT2D eigenvalue weighted by atomic mass is 10.1. The van der Waals surface area contributed by atoms with E-state index in [0.29, 0.717) is 0 Å². The molecule has 0 spiro atoms. The summed E-state index contributed by atoms with van der Waals surface area (Å²) >= 11 is 15.3. The number of hydrogen-bond donors (Lipinski definition) is 1. The molecule has 1 unspecified atom stereocenters. The monoisotopic (exact) mass is 465 g/mol. The number of carboxylic acid groups (broad SMARTS) is 1. The molecular weight excluding hydrogens is 451 g/mol. The number of carboxylic acids is 1. The van der Waals surface area contributed by atoms with E-state index in [9.17, 15) is 18.7 Å². The maximum absolute atomic E-state index is 14.2. The first-order chi connectivity index (χ1) is 12.1. The van der Waals surface area contributed by atoms with Gasteiger partial charge in [0.25, 0.3) is 0 Å². The van der Waals surface area contributed by atoms with Crippen LogP contribution in [0.4, 0.5) is 8.78 Å². The fourth-order valence-electron chi connectivity index (χ4n) is 2.47. The van der Waals surface area contributed by atoms with Gasteiger partial charge in [0.2, 0.25) is 0 Å². The van der Waals surface area contributed by atoms with Gasteiger partial charge in [-0.25, -0.2) is 8.78 Å². The first-order valence-corrected chi connectivity index (χ1v) is 9.17. The van der Waals surface area contributed by atoms with Crippen molar-refractivity contribution in [1.29, 1.82) is 0 Å². The highest BCUT2D eigenvalue weighted by molar-refractivity contribution is 9.10. The molecule has 1 atom stereocenters. The van der Waals surface area contributed by atoms with Crippen LogP contribution in [-0.4, -0.2) is 26.8 Å². The van der Waals surface area contributed by atoms with Gasteiger partial charge < -0.3 is 5.11 Å². The zero-order chi connectivity index (χ0) is 19.5. The Labute approximate surface area is 168 Å². The Bertz CT molecular complexity index is 724. The van der Waals surface area contributed by atoms with Crippen molar-refractivity contribution in [3.63, 3.8) is 0 Å². The fraction of sp³-hybridized carbons (Fsp3) is 0.278. The van der Waals surface area contributed by atoms with Crippen LogP contribution in [0.3, 0.4) is 0 Å². The van der Waals surface area contributed by atoms with Gasteiger partial charge in [-0.05, 0) is 31.2 Å². The molecule has 3 nitrogen and oxygen atoms in total. The summed E-state index contributed by atoms with van der Waals surface area (Å²) in [6.45, 7) is 1.42. The number of carbonyl (C=O) groups is 1. The van der Waals surface area contributed by atoms with Gasteiger partial charge in [0.15, 0.2) is 0 Å². The zero-order valence-electron chi connectivity index (χ0n) is 13.8. The summed E-state index contributed by atoms with van der Waals surface area (Å²) in [5, 5.41) is 9.79. The highest BCUT2D eigenvalue weighted by Crippen LogP contribution is 2.28. The third kappa shape index (κ3) is 5.16. The van der Waals surface area contributed by atoms with E-state index >= 15 is 0 Å². The first kappa shape index (κ1) is 21.1. The number of hydrogen-bond acceptors (Lipinski definition) is 2. The van der Waals surface area contributed by atoms with Crippen LogP contribution in [0.25, 0.3) is 0 Å². The van der Waals surface area contributed by atoms with E-state index in [4.69, 9.17) is 23.2 Å². The molecule has 0 aliphatic heterocycles. The van der Waals surface area contributed by atoms with Crippen molar-refractivity contribution in [2.45, 2.75) is 24.3 Å². The minimum atomic E-state index is -1.32. The summed E-state index contributed by atoms with van der Waals surface area (Å²) < 4.78 is 27.0. The molecule has 26 heavy (non-hydrogen) atoms. The minimum absolute atomic E-state index is 0.00929. The van der Waals surface area contributed by atoms with Gasteiger partial charge in [-0.3, -0.25) is 9.69 Å². The Morgan fingerprint density at radius 2 is 1.50 bits per heavy atom. The van der Waals surface area contributed by atoms with Gasteiger partial charge in [0, 0.05) is 40.8 Å². The second-order valence-corrected chi connectivity index (χ2v) is 8.61. The lowest BCUT2D eigenvalue weighted by Gasteiger charge is -2.29. The Balaban J connectivity index is 2.37. The summed E-state index contributed by atoms with van der Waals surface area (Å²) in [6.07, 6.45) is 0. The molecule has 2 rings (SSSR count). The molecule has 0 radical (unpaired) electrons. The highest BCUT2D eigenvalue weighted by Gasteiger charge is 2.33. The van der Waals surface area contributed by atoms with Crippen LogP contribution in [-0.2, 0) is 17.9 Å². The van der Waals surface area contributed by atoms with Gasteiger partial charge in [-0.1, -0.05) is 51.3 Å². The van der Waals surface area contributed by atoms with E-state index in [1.54, 1.807) is 17.0 Å². The van der Waals surface area contributed by atoms with Crippen LogP contribution in [0.1, 0.15) is 18.1 Å². The van der Waals surface area contributed by atoms with Gasteiger partial charge in [-0.15, -0.1) is 0 Å². The first-order valence-electron chi connectivity index (χ1n) is 7.62. The maximum Gasteiger partial charge on any atom is 0.321 e. The molecule has 0 fully saturated rings. The lowest BCUT2D eigenvalue weighted by Crippen LogP contribution is -2.42. The van der Waals surface area contributed by atoms with Crippen molar-refractivity contribution >= 4 is 45.1 Å². The van der Waals surface area contributed by atoms with Crippen LogP contribution in [0.15, 0.2) is 36.4 Å². The summed E-state index contributed by atoms with van der Waals surface area (Å²) in [5.41, 5.74) is 0.408. The van der Waals surface area contributed by atoms with E-state index in [1.807, 2.05) is 0 Å². The number of aliphatic carboxylic acids is 1. The highest BCUT2D eigenvalue weighted by atomic mass is 79.9. The molecule has 2 aromatic carbocycles. The lowest BCUT2D eigenvalue weighted by molar-refractivity contribution is -0.139. The van der Waals surface area contributed by atoms with E-state index in [2.05, 4.69) is 15.9 Å². The molecule has 0 bridgehead atoms. The molecule has 0 amide bonds. The van der Waals surface area contributed by atoms with Crippen molar-refractivity contribution in [1.82, 2.24) is 4.90 Å². The summed E-state index contributed by atoms with van der Waals surface area (Å²) in [5.74, 6) is -2.13.